The number of ether oxygens (including phenoxy) is 1. The van der Waals surface area contributed by atoms with Crippen molar-refractivity contribution in [1.29, 1.82) is 0 Å². The Hall–Kier alpha value is -2.37. The van der Waals surface area contributed by atoms with Gasteiger partial charge in [-0.25, -0.2) is 0 Å². The number of H-pyrrole nitrogens is 1. The lowest BCUT2D eigenvalue weighted by atomic mass is 10.2. The lowest BCUT2D eigenvalue weighted by molar-refractivity contribution is 0.223. The van der Waals surface area contributed by atoms with Gasteiger partial charge < -0.3 is 4.74 Å². The minimum absolute atomic E-state index is 0.0135. The first-order valence-electron chi connectivity index (χ1n) is 5.69. The first-order chi connectivity index (χ1) is 8.65. The van der Waals surface area contributed by atoms with Gasteiger partial charge in [-0.2, -0.15) is 9.50 Å². The fraction of sp³-hybridized carbons (Fsp3) is 0.250. The Morgan fingerprint density at radius 3 is 2.89 bits per heavy atom. The quantitative estimate of drug-likeness (QED) is 0.738. The standard InChI is InChI=1S/C12H12N4O2/c1-7(2)18-12-14-11-13-10(17)8-5-3-4-6-9(8)16(11)15-12/h3-7H,1-2H3,(H,13,14,15,17). The van der Waals surface area contributed by atoms with Gasteiger partial charge in [0.05, 0.1) is 17.0 Å². The summed E-state index contributed by atoms with van der Waals surface area (Å²) in [5, 5.41) is 4.81. The summed E-state index contributed by atoms with van der Waals surface area (Å²) in [4.78, 5) is 18.7. The van der Waals surface area contributed by atoms with E-state index in [1.807, 2.05) is 32.0 Å². The number of aromatic nitrogens is 4. The third-order valence-electron chi connectivity index (χ3n) is 2.53. The highest BCUT2D eigenvalue weighted by molar-refractivity contribution is 5.79. The van der Waals surface area contributed by atoms with Gasteiger partial charge in [0.15, 0.2) is 0 Å². The number of rotatable bonds is 2. The van der Waals surface area contributed by atoms with Gasteiger partial charge in [-0.3, -0.25) is 9.78 Å². The molecule has 3 aromatic rings. The number of hydrogen-bond acceptors (Lipinski definition) is 4. The zero-order valence-electron chi connectivity index (χ0n) is 10.0. The topological polar surface area (TPSA) is 72.3 Å². The Morgan fingerprint density at radius 1 is 1.33 bits per heavy atom. The van der Waals surface area contributed by atoms with E-state index in [4.69, 9.17) is 4.74 Å². The van der Waals surface area contributed by atoms with Gasteiger partial charge in [-0.15, -0.1) is 5.10 Å². The highest BCUT2D eigenvalue weighted by Gasteiger charge is 2.11. The number of fused-ring (bicyclic) bond motifs is 3. The third kappa shape index (κ3) is 1.62. The summed E-state index contributed by atoms with van der Waals surface area (Å²) < 4.78 is 7.00. The van der Waals surface area contributed by atoms with Crippen LogP contribution in [0.4, 0.5) is 0 Å². The Bertz CT molecular complexity index is 772. The normalized spacial score (nSPS) is 11.5. The van der Waals surface area contributed by atoms with Crippen molar-refractivity contribution in [1.82, 2.24) is 19.6 Å². The first kappa shape index (κ1) is 10.8. The highest BCUT2D eigenvalue weighted by atomic mass is 16.5. The van der Waals surface area contributed by atoms with E-state index in [9.17, 15) is 4.79 Å². The fourth-order valence-electron chi connectivity index (χ4n) is 1.82. The summed E-state index contributed by atoms with van der Waals surface area (Å²) in [7, 11) is 0. The van der Waals surface area contributed by atoms with E-state index in [2.05, 4.69) is 15.1 Å². The highest BCUT2D eigenvalue weighted by Crippen LogP contribution is 2.13. The fourth-order valence-corrected chi connectivity index (χ4v) is 1.82. The molecule has 0 aliphatic carbocycles. The molecular weight excluding hydrogens is 232 g/mol. The number of hydrogen-bond donors (Lipinski definition) is 1. The van der Waals surface area contributed by atoms with Gasteiger partial charge in [0.25, 0.3) is 5.56 Å². The molecule has 0 fully saturated rings. The largest absolute Gasteiger partial charge is 0.460 e. The van der Waals surface area contributed by atoms with Crippen molar-refractivity contribution in [2.24, 2.45) is 0 Å². The zero-order valence-corrected chi connectivity index (χ0v) is 10.0. The average Bonchev–Trinajstić information content (AvgIpc) is 2.71. The molecule has 92 valence electrons. The summed E-state index contributed by atoms with van der Waals surface area (Å²) in [6.45, 7) is 3.79. The Balaban J connectivity index is 2.33. The van der Waals surface area contributed by atoms with E-state index in [0.717, 1.165) is 0 Å². The molecule has 0 saturated carbocycles. The molecule has 6 nitrogen and oxygen atoms in total. The van der Waals surface area contributed by atoms with Crippen LogP contribution in [0.1, 0.15) is 13.8 Å². The van der Waals surface area contributed by atoms with E-state index in [-0.39, 0.29) is 17.7 Å². The second-order valence-electron chi connectivity index (χ2n) is 4.27. The lowest BCUT2D eigenvalue weighted by Crippen LogP contribution is -2.10. The van der Waals surface area contributed by atoms with Crippen LogP contribution in [0.2, 0.25) is 0 Å². The van der Waals surface area contributed by atoms with E-state index in [1.165, 1.54) is 0 Å². The molecule has 3 rings (SSSR count). The van der Waals surface area contributed by atoms with Crippen LogP contribution in [0.5, 0.6) is 6.01 Å². The summed E-state index contributed by atoms with van der Waals surface area (Å²) in [6.07, 6.45) is -0.0135. The molecule has 2 aromatic heterocycles. The second kappa shape index (κ2) is 3.83. The molecule has 0 radical (unpaired) electrons. The van der Waals surface area contributed by atoms with Crippen molar-refractivity contribution < 1.29 is 4.74 Å². The maximum Gasteiger partial charge on any atom is 0.337 e. The van der Waals surface area contributed by atoms with Crippen LogP contribution in [-0.4, -0.2) is 25.7 Å². The van der Waals surface area contributed by atoms with Crippen molar-refractivity contribution >= 4 is 16.7 Å². The van der Waals surface area contributed by atoms with Crippen LogP contribution in [0, 0.1) is 0 Å². The van der Waals surface area contributed by atoms with Crippen LogP contribution in [0.25, 0.3) is 16.7 Å². The SMILES string of the molecule is CC(C)Oc1nc2[nH]c(=O)c3ccccc3n2n1. The molecule has 0 saturated heterocycles. The molecule has 0 unspecified atom stereocenters. The van der Waals surface area contributed by atoms with Crippen molar-refractivity contribution in [2.75, 3.05) is 0 Å². The minimum Gasteiger partial charge on any atom is -0.460 e. The van der Waals surface area contributed by atoms with Gasteiger partial charge in [0, 0.05) is 0 Å². The second-order valence-corrected chi connectivity index (χ2v) is 4.27. The van der Waals surface area contributed by atoms with Crippen LogP contribution in [-0.2, 0) is 0 Å². The summed E-state index contributed by atoms with van der Waals surface area (Å²) in [5.41, 5.74) is 0.531. The summed E-state index contributed by atoms with van der Waals surface area (Å²) in [6, 6.07) is 7.50. The lowest BCUT2D eigenvalue weighted by Gasteiger charge is -2.02. The van der Waals surface area contributed by atoms with Gasteiger partial charge in [0.2, 0.25) is 5.78 Å². The van der Waals surface area contributed by atoms with E-state index in [0.29, 0.717) is 16.7 Å². The monoisotopic (exact) mass is 244 g/mol. The Morgan fingerprint density at radius 2 is 2.11 bits per heavy atom. The van der Waals surface area contributed by atoms with Crippen molar-refractivity contribution in [3.8, 4) is 6.01 Å². The number of para-hydroxylation sites is 1. The molecule has 0 amide bonds. The summed E-state index contributed by atoms with van der Waals surface area (Å²) >= 11 is 0. The molecule has 0 aliphatic rings. The Kier molecular flexibility index (Phi) is 2.29. The third-order valence-corrected chi connectivity index (χ3v) is 2.53. The van der Waals surface area contributed by atoms with E-state index >= 15 is 0 Å². The molecule has 6 heteroatoms. The minimum atomic E-state index is -0.179. The molecule has 1 N–H and O–H groups in total. The maximum atomic E-state index is 11.8. The summed E-state index contributed by atoms with van der Waals surface area (Å²) in [5.74, 6) is 0.384. The molecule has 0 aliphatic heterocycles. The van der Waals surface area contributed by atoms with Crippen LogP contribution in [0.15, 0.2) is 29.1 Å². The van der Waals surface area contributed by atoms with Gasteiger partial charge in [-0.05, 0) is 26.0 Å². The predicted octanol–water partition coefficient (Wildman–Crippen LogP) is 1.36. The maximum absolute atomic E-state index is 11.8. The molecular formula is C12H12N4O2. The number of nitrogens with one attached hydrogen (secondary N) is 1. The van der Waals surface area contributed by atoms with Crippen LogP contribution >= 0.6 is 0 Å². The molecule has 0 spiro atoms. The van der Waals surface area contributed by atoms with Crippen LogP contribution < -0.4 is 10.3 Å². The number of benzene rings is 1. The smallest absolute Gasteiger partial charge is 0.337 e. The van der Waals surface area contributed by atoms with Gasteiger partial charge >= 0.3 is 6.01 Å². The first-order valence-corrected chi connectivity index (χ1v) is 5.69. The molecule has 1 aromatic carbocycles. The van der Waals surface area contributed by atoms with Crippen LogP contribution in [0.3, 0.4) is 0 Å². The van der Waals surface area contributed by atoms with E-state index < -0.39 is 0 Å². The van der Waals surface area contributed by atoms with Gasteiger partial charge in [-0.1, -0.05) is 12.1 Å². The molecule has 2 heterocycles. The van der Waals surface area contributed by atoms with E-state index in [1.54, 1.807) is 10.6 Å². The average molecular weight is 244 g/mol. The molecule has 0 atom stereocenters. The predicted molar refractivity (Wildman–Crippen MR) is 66.9 cm³/mol. The number of nitrogens with zero attached hydrogens (tertiary/aromatic N) is 3. The molecule has 0 bridgehead atoms. The van der Waals surface area contributed by atoms with Crippen molar-refractivity contribution in [2.45, 2.75) is 20.0 Å². The molecule has 18 heavy (non-hydrogen) atoms. The van der Waals surface area contributed by atoms with Crippen molar-refractivity contribution in [3.63, 3.8) is 0 Å². The Labute approximate surface area is 102 Å². The van der Waals surface area contributed by atoms with Gasteiger partial charge in [0.1, 0.15) is 0 Å². The number of aromatic amines is 1. The van der Waals surface area contributed by atoms with Crippen molar-refractivity contribution in [3.05, 3.63) is 34.6 Å². The zero-order chi connectivity index (χ0) is 12.7.